The molecule has 0 radical (unpaired) electrons. The van der Waals surface area contributed by atoms with Crippen LogP contribution < -0.4 is 0 Å². The fourth-order valence-corrected chi connectivity index (χ4v) is 2.12. The van der Waals surface area contributed by atoms with Crippen LogP contribution in [0.5, 0.6) is 0 Å². The van der Waals surface area contributed by atoms with Gasteiger partial charge in [0.1, 0.15) is 0 Å². The average Bonchev–Trinajstić information content (AvgIpc) is 2.11. The molecule has 1 aromatic carbocycles. The number of halogens is 1. The van der Waals surface area contributed by atoms with E-state index in [1.165, 1.54) is 0 Å². The van der Waals surface area contributed by atoms with Gasteiger partial charge in [-0.3, -0.25) is 0 Å². The summed E-state index contributed by atoms with van der Waals surface area (Å²) in [7, 11) is 0. The van der Waals surface area contributed by atoms with Crippen LogP contribution in [-0.2, 0) is 0 Å². The fraction of sp³-hybridized carbons (Fsp3) is 0.364. The Morgan fingerprint density at radius 2 is 1.50 bits per heavy atom. The van der Waals surface area contributed by atoms with Crippen LogP contribution in [0, 0.1) is 27.7 Å². The standard InChI is InChI=1S/C11H13BrO2/c1-5-6(2)9(11(13)14)8(4)10(12)7(5)3/h1-4H3,(H,13,14). The third-order valence-electron chi connectivity index (χ3n) is 2.75. The largest absolute Gasteiger partial charge is 0.478 e. The summed E-state index contributed by atoms with van der Waals surface area (Å²) >= 11 is 3.42. The Hall–Kier alpha value is -0.830. The Kier molecular flexibility index (Phi) is 3.00. The number of hydrogen-bond donors (Lipinski definition) is 1. The lowest BCUT2D eigenvalue weighted by molar-refractivity contribution is 0.0695. The molecule has 0 heterocycles. The van der Waals surface area contributed by atoms with Crippen LogP contribution in [0.3, 0.4) is 0 Å². The first-order valence-electron chi connectivity index (χ1n) is 4.37. The molecule has 0 unspecified atom stereocenters. The van der Waals surface area contributed by atoms with Crippen LogP contribution in [0.15, 0.2) is 4.47 Å². The third-order valence-corrected chi connectivity index (χ3v) is 3.94. The topological polar surface area (TPSA) is 37.3 Å². The van der Waals surface area contributed by atoms with E-state index in [-0.39, 0.29) is 0 Å². The van der Waals surface area contributed by atoms with E-state index >= 15 is 0 Å². The van der Waals surface area contributed by atoms with E-state index in [4.69, 9.17) is 5.11 Å². The van der Waals surface area contributed by atoms with Crippen molar-refractivity contribution in [1.29, 1.82) is 0 Å². The highest BCUT2D eigenvalue weighted by atomic mass is 79.9. The first kappa shape index (κ1) is 11.2. The van der Waals surface area contributed by atoms with E-state index < -0.39 is 5.97 Å². The van der Waals surface area contributed by atoms with Gasteiger partial charge in [-0.2, -0.15) is 0 Å². The molecule has 2 nitrogen and oxygen atoms in total. The van der Waals surface area contributed by atoms with Crippen LogP contribution in [0.25, 0.3) is 0 Å². The molecule has 0 spiro atoms. The van der Waals surface area contributed by atoms with Crippen LogP contribution in [-0.4, -0.2) is 11.1 Å². The summed E-state index contributed by atoms with van der Waals surface area (Å²) in [6, 6.07) is 0. The quantitative estimate of drug-likeness (QED) is 0.837. The summed E-state index contributed by atoms with van der Waals surface area (Å²) in [5.74, 6) is -0.858. The summed E-state index contributed by atoms with van der Waals surface area (Å²) in [4.78, 5) is 11.0. The van der Waals surface area contributed by atoms with Crippen LogP contribution in [0.2, 0.25) is 0 Å². The van der Waals surface area contributed by atoms with E-state index in [1.54, 1.807) is 0 Å². The maximum atomic E-state index is 11.0. The van der Waals surface area contributed by atoms with Crippen molar-refractivity contribution < 1.29 is 9.90 Å². The van der Waals surface area contributed by atoms with E-state index in [9.17, 15) is 4.79 Å². The van der Waals surface area contributed by atoms with E-state index in [0.717, 1.165) is 26.7 Å². The molecule has 0 aliphatic carbocycles. The molecule has 0 amide bonds. The van der Waals surface area contributed by atoms with Crippen molar-refractivity contribution in [3.63, 3.8) is 0 Å². The molecule has 3 heteroatoms. The molecule has 1 N–H and O–H groups in total. The van der Waals surface area contributed by atoms with Gasteiger partial charge < -0.3 is 5.11 Å². The van der Waals surface area contributed by atoms with Crippen molar-refractivity contribution in [2.45, 2.75) is 27.7 Å². The van der Waals surface area contributed by atoms with Crippen molar-refractivity contribution in [1.82, 2.24) is 0 Å². The van der Waals surface area contributed by atoms with Gasteiger partial charge in [0, 0.05) is 4.47 Å². The SMILES string of the molecule is Cc1c(C)c(Br)c(C)c(C(=O)O)c1C. The Labute approximate surface area is 92.1 Å². The second-order valence-corrected chi connectivity index (χ2v) is 4.29. The predicted octanol–water partition coefficient (Wildman–Crippen LogP) is 3.38. The van der Waals surface area contributed by atoms with Gasteiger partial charge in [0.15, 0.2) is 0 Å². The highest BCUT2D eigenvalue weighted by Crippen LogP contribution is 2.30. The number of hydrogen-bond acceptors (Lipinski definition) is 1. The van der Waals surface area contributed by atoms with Crippen LogP contribution in [0.1, 0.15) is 32.6 Å². The van der Waals surface area contributed by atoms with Crippen molar-refractivity contribution in [2.75, 3.05) is 0 Å². The van der Waals surface area contributed by atoms with Gasteiger partial charge in [-0.05, 0) is 49.9 Å². The summed E-state index contributed by atoms with van der Waals surface area (Å²) in [5.41, 5.74) is 4.23. The number of benzene rings is 1. The number of carboxylic acid groups (broad SMARTS) is 1. The first-order chi connectivity index (χ1) is 6.37. The van der Waals surface area contributed by atoms with Gasteiger partial charge >= 0.3 is 5.97 Å². The Bertz CT molecular complexity index is 379. The van der Waals surface area contributed by atoms with Crippen molar-refractivity contribution in [2.24, 2.45) is 0 Å². The molecular weight excluding hydrogens is 244 g/mol. The van der Waals surface area contributed by atoms with Crippen LogP contribution in [0.4, 0.5) is 0 Å². The second-order valence-electron chi connectivity index (χ2n) is 3.49. The van der Waals surface area contributed by atoms with Gasteiger partial charge in [0.05, 0.1) is 5.56 Å². The zero-order valence-corrected chi connectivity index (χ0v) is 10.3. The van der Waals surface area contributed by atoms with E-state index in [0.29, 0.717) is 5.56 Å². The number of carbonyl (C=O) groups is 1. The van der Waals surface area contributed by atoms with Crippen molar-refractivity contribution in [3.8, 4) is 0 Å². The van der Waals surface area contributed by atoms with Crippen LogP contribution >= 0.6 is 15.9 Å². The Balaban J connectivity index is 3.68. The molecule has 0 aliphatic heterocycles. The van der Waals surface area contributed by atoms with Gasteiger partial charge in [-0.25, -0.2) is 4.79 Å². The smallest absolute Gasteiger partial charge is 0.336 e. The second kappa shape index (κ2) is 3.73. The van der Waals surface area contributed by atoms with Gasteiger partial charge in [0.2, 0.25) is 0 Å². The summed E-state index contributed by atoms with van der Waals surface area (Å²) in [6.45, 7) is 7.62. The molecule has 0 saturated carbocycles. The highest BCUT2D eigenvalue weighted by Gasteiger charge is 2.17. The molecule has 0 aromatic heterocycles. The first-order valence-corrected chi connectivity index (χ1v) is 5.16. The molecule has 1 aromatic rings. The number of rotatable bonds is 1. The zero-order valence-electron chi connectivity index (χ0n) is 8.73. The predicted molar refractivity (Wildman–Crippen MR) is 60.0 cm³/mol. The normalized spacial score (nSPS) is 10.4. The van der Waals surface area contributed by atoms with Crippen molar-refractivity contribution >= 4 is 21.9 Å². The van der Waals surface area contributed by atoms with Gasteiger partial charge in [-0.15, -0.1) is 0 Å². The molecular formula is C11H13BrO2. The highest BCUT2D eigenvalue weighted by molar-refractivity contribution is 9.10. The maximum absolute atomic E-state index is 11.0. The Morgan fingerprint density at radius 1 is 1.00 bits per heavy atom. The molecule has 0 saturated heterocycles. The monoisotopic (exact) mass is 256 g/mol. The average molecular weight is 257 g/mol. The third kappa shape index (κ3) is 1.57. The molecule has 14 heavy (non-hydrogen) atoms. The summed E-state index contributed by atoms with van der Waals surface area (Å²) < 4.78 is 0.901. The minimum absolute atomic E-state index is 0.417. The van der Waals surface area contributed by atoms with Crippen molar-refractivity contribution in [3.05, 3.63) is 32.3 Å². The fourth-order valence-electron chi connectivity index (χ4n) is 1.63. The zero-order chi connectivity index (χ0) is 11.0. The minimum atomic E-state index is -0.858. The summed E-state index contributed by atoms with van der Waals surface area (Å²) in [6.07, 6.45) is 0. The lowest BCUT2D eigenvalue weighted by Gasteiger charge is -2.14. The molecule has 0 bridgehead atoms. The molecule has 0 atom stereocenters. The molecule has 0 fully saturated rings. The number of aromatic carboxylic acids is 1. The molecule has 0 aliphatic rings. The maximum Gasteiger partial charge on any atom is 0.336 e. The van der Waals surface area contributed by atoms with Gasteiger partial charge in [-0.1, -0.05) is 15.9 Å². The van der Waals surface area contributed by atoms with E-state index in [2.05, 4.69) is 15.9 Å². The lowest BCUT2D eigenvalue weighted by Crippen LogP contribution is -2.07. The number of carboxylic acids is 1. The molecule has 76 valence electrons. The van der Waals surface area contributed by atoms with Gasteiger partial charge in [0.25, 0.3) is 0 Å². The van der Waals surface area contributed by atoms with E-state index in [1.807, 2.05) is 27.7 Å². The minimum Gasteiger partial charge on any atom is -0.478 e. The molecule has 1 rings (SSSR count). The lowest BCUT2D eigenvalue weighted by atomic mass is 9.94. The Morgan fingerprint density at radius 3 is 1.93 bits per heavy atom. The summed E-state index contributed by atoms with van der Waals surface area (Å²) in [5, 5.41) is 9.07.